The second kappa shape index (κ2) is 8.78. The molecule has 2 N–H and O–H groups in total. The highest BCUT2D eigenvalue weighted by Crippen LogP contribution is 2.22. The fourth-order valence-electron chi connectivity index (χ4n) is 2.85. The number of benzene rings is 2. The first-order valence-electron chi connectivity index (χ1n) is 9.26. The summed E-state index contributed by atoms with van der Waals surface area (Å²) in [7, 11) is -3.67. The zero-order valence-electron chi connectivity index (χ0n) is 15.9. The zero-order valence-corrected chi connectivity index (χ0v) is 17.5. The molecule has 0 fully saturated rings. The van der Waals surface area contributed by atoms with Gasteiger partial charge in [0.25, 0.3) is 0 Å². The van der Waals surface area contributed by atoms with Crippen LogP contribution in [0.15, 0.2) is 76.2 Å². The number of anilines is 1. The van der Waals surface area contributed by atoms with Crippen LogP contribution in [0.4, 0.5) is 5.69 Å². The van der Waals surface area contributed by atoms with Crippen LogP contribution in [-0.2, 0) is 27.8 Å². The molecule has 0 spiro atoms. The van der Waals surface area contributed by atoms with Crippen molar-refractivity contribution in [3.05, 3.63) is 77.7 Å². The first-order valence-corrected chi connectivity index (χ1v) is 11.6. The van der Waals surface area contributed by atoms with Crippen molar-refractivity contribution >= 4 is 43.2 Å². The Balaban J connectivity index is 1.31. The Hall–Kier alpha value is -3.01. The molecule has 2 aromatic heterocycles. The molecule has 2 heterocycles. The summed E-state index contributed by atoms with van der Waals surface area (Å²) in [6.45, 7) is 0.0690. The molecule has 0 bridgehead atoms. The second-order valence-corrected chi connectivity index (χ2v) is 9.43. The number of rotatable bonds is 8. The Morgan fingerprint density at radius 3 is 2.57 bits per heavy atom. The first kappa shape index (κ1) is 20.3. The van der Waals surface area contributed by atoms with Crippen molar-refractivity contribution in [2.45, 2.75) is 24.3 Å². The zero-order chi connectivity index (χ0) is 21.0. The van der Waals surface area contributed by atoms with E-state index < -0.39 is 10.0 Å². The molecule has 0 radical (unpaired) electrons. The molecule has 0 atom stereocenters. The molecule has 1 amide bonds. The number of thiazole rings is 1. The molecular weight excluding hydrogens is 422 g/mol. The predicted molar refractivity (Wildman–Crippen MR) is 116 cm³/mol. The molecule has 0 aliphatic rings. The molecule has 0 saturated heterocycles. The Morgan fingerprint density at radius 1 is 1.03 bits per heavy atom. The highest BCUT2D eigenvalue weighted by Gasteiger charge is 2.15. The van der Waals surface area contributed by atoms with E-state index in [4.69, 9.17) is 4.42 Å². The van der Waals surface area contributed by atoms with Crippen molar-refractivity contribution in [3.8, 4) is 0 Å². The Bertz CT molecular complexity index is 1210. The number of aryl methyl sites for hydroxylation is 1. The van der Waals surface area contributed by atoms with Crippen LogP contribution in [-0.4, -0.2) is 19.3 Å². The third-order valence-electron chi connectivity index (χ3n) is 4.37. The summed E-state index contributed by atoms with van der Waals surface area (Å²) >= 11 is 1.58. The maximum Gasteiger partial charge on any atom is 0.240 e. The molecule has 0 aliphatic carbocycles. The normalized spacial score (nSPS) is 11.6. The smallest absolute Gasteiger partial charge is 0.240 e. The van der Waals surface area contributed by atoms with Gasteiger partial charge in [-0.05, 0) is 48.5 Å². The highest BCUT2D eigenvalue weighted by molar-refractivity contribution is 7.89. The fraction of sp³-hybridized carbons (Fsp3) is 0.143. The molecule has 30 heavy (non-hydrogen) atoms. The van der Waals surface area contributed by atoms with Gasteiger partial charge in [-0.3, -0.25) is 4.79 Å². The van der Waals surface area contributed by atoms with Gasteiger partial charge >= 0.3 is 0 Å². The van der Waals surface area contributed by atoms with E-state index in [-0.39, 0.29) is 17.3 Å². The van der Waals surface area contributed by atoms with Crippen molar-refractivity contribution in [1.82, 2.24) is 9.71 Å². The predicted octanol–water partition coefficient (Wildman–Crippen LogP) is 3.94. The van der Waals surface area contributed by atoms with Gasteiger partial charge in [0.05, 0.1) is 32.9 Å². The van der Waals surface area contributed by atoms with Crippen LogP contribution < -0.4 is 10.0 Å². The van der Waals surface area contributed by atoms with Crippen LogP contribution in [0.2, 0.25) is 0 Å². The van der Waals surface area contributed by atoms with Crippen molar-refractivity contribution in [2.24, 2.45) is 0 Å². The van der Waals surface area contributed by atoms with Gasteiger partial charge in [0.2, 0.25) is 15.9 Å². The van der Waals surface area contributed by atoms with Gasteiger partial charge in [-0.2, -0.15) is 0 Å². The van der Waals surface area contributed by atoms with Gasteiger partial charge in [0.1, 0.15) is 5.76 Å². The van der Waals surface area contributed by atoms with Gasteiger partial charge in [-0.15, -0.1) is 11.3 Å². The lowest BCUT2D eigenvalue weighted by Gasteiger charge is -2.08. The number of amides is 1. The minimum absolute atomic E-state index is 0.0690. The van der Waals surface area contributed by atoms with Crippen LogP contribution in [0.25, 0.3) is 10.2 Å². The largest absolute Gasteiger partial charge is 0.468 e. The van der Waals surface area contributed by atoms with E-state index in [1.165, 1.54) is 18.4 Å². The Labute approximate surface area is 177 Å². The quantitative estimate of drug-likeness (QED) is 0.431. The number of hydrogen-bond donors (Lipinski definition) is 2. The van der Waals surface area contributed by atoms with Crippen LogP contribution in [0.3, 0.4) is 0 Å². The third-order valence-corrected chi connectivity index (χ3v) is 6.88. The van der Waals surface area contributed by atoms with Crippen LogP contribution in [0.5, 0.6) is 0 Å². The average molecular weight is 442 g/mol. The summed E-state index contributed by atoms with van der Waals surface area (Å²) < 4.78 is 33.4. The van der Waals surface area contributed by atoms with Crippen LogP contribution in [0, 0.1) is 0 Å². The standard InChI is InChI=1S/C21H19N3O4S2/c25-20(11-12-21-24-18-5-1-2-6-19(18)29-21)23-15-7-9-17(10-8-15)30(26,27)22-14-16-4-3-13-28-16/h1-10,13,22H,11-12,14H2,(H,23,25). The minimum atomic E-state index is -3.67. The number of hydrogen-bond acceptors (Lipinski definition) is 6. The number of para-hydroxylation sites is 1. The number of carbonyl (C=O) groups excluding carboxylic acids is 1. The van der Waals surface area contributed by atoms with Gasteiger partial charge < -0.3 is 9.73 Å². The van der Waals surface area contributed by atoms with E-state index >= 15 is 0 Å². The molecule has 2 aromatic carbocycles. The molecular formula is C21H19N3O4S2. The number of carbonyl (C=O) groups is 1. The number of aromatic nitrogens is 1. The number of fused-ring (bicyclic) bond motifs is 1. The molecule has 4 rings (SSSR count). The molecule has 0 aliphatic heterocycles. The Morgan fingerprint density at radius 2 is 1.83 bits per heavy atom. The second-order valence-electron chi connectivity index (χ2n) is 6.55. The molecule has 7 nitrogen and oxygen atoms in total. The summed E-state index contributed by atoms with van der Waals surface area (Å²) in [6, 6.07) is 17.3. The van der Waals surface area contributed by atoms with E-state index in [1.807, 2.05) is 24.3 Å². The van der Waals surface area contributed by atoms with E-state index in [2.05, 4.69) is 15.0 Å². The lowest BCUT2D eigenvalue weighted by atomic mass is 10.2. The molecule has 0 saturated carbocycles. The maximum absolute atomic E-state index is 12.3. The van der Waals surface area contributed by atoms with Crippen LogP contribution >= 0.6 is 11.3 Å². The molecule has 4 aromatic rings. The highest BCUT2D eigenvalue weighted by atomic mass is 32.2. The topological polar surface area (TPSA) is 101 Å². The first-order chi connectivity index (χ1) is 14.5. The van der Waals surface area contributed by atoms with Crippen LogP contribution in [0.1, 0.15) is 17.2 Å². The van der Waals surface area contributed by atoms with E-state index in [0.29, 0.717) is 24.3 Å². The van der Waals surface area contributed by atoms with E-state index in [9.17, 15) is 13.2 Å². The summed E-state index contributed by atoms with van der Waals surface area (Å²) in [5.41, 5.74) is 1.48. The van der Waals surface area contributed by atoms with E-state index in [1.54, 1.807) is 35.6 Å². The maximum atomic E-state index is 12.3. The molecule has 154 valence electrons. The third kappa shape index (κ3) is 4.93. The SMILES string of the molecule is O=C(CCc1nc2ccccc2s1)Nc1ccc(S(=O)(=O)NCc2ccco2)cc1. The summed E-state index contributed by atoms with van der Waals surface area (Å²) in [5, 5.41) is 3.70. The fourth-order valence-corrected chi connectivity index (χ4v) is 4.81. The number of furan rings is 1. The Kier molecular flexibility index (Phi) is 5.93. The van der Waals surface area contributed by atoms with Gasteiger partial charge in [-0.1, -0.05) is 12.1 Å². The number of nitrogens with one attached hydrogen (secondary N) is 2. The molecule has 9 heteroatoms. The van der Waals surface area contributed by atoms with Gasteiger partial charge in [0.15, 0.2) is 0 Å². The summed E-state index contributed by atoms with van der Waals surface area (Å²) in [5.74, 6) is 0.372. The van der Waals surface area contributed by atoms with Gasteiger partial charge in [-0.25, -0.2) is 18.1 Å². The average Bonchev–Trinajstić information content (AvgIpc) is 3.40. The van der Waals surface area contributed by atoms with E-state index in [0.717, 1.165) is 15.2 Å². The van der Waals surface area contributed by atoms with Gasteiger partial charge in [0, 0.05) is 18.5 Å². The summed E-state index contributed by atoms with van der Waals surface area (Å²) in [6.07, 6.45) is 2.33. The van der Waals surface area contributed by atoms with Crippen molar-refractivity contribution in [3.63, 3.8) is 0 Å². The summed E-state index contributed by atoms with van der Waals surface area (Å²) in [4.78, 5) is 16.9. The van der Waals surface area contributed by atoms with Crippen molar-refractivity contribution < 1.29 is 17.6 Å². The van der Waals surface area contributed by atoms with Crippen molar-refractivity contribution in [1.29, 1.82) is 0 Å². The number of sulfonamides is 1. The van der Waals surface area contributed by atoms with Crippen molar-refractivity contribution in [2.75, 3.05) is 5.32 Å². The lowest BCUT2D eigenvalue weighted by Crippen LogP contribution is -2.23. The minimum Gasteiger partial charge on any atom is -0.468 e. The molecule has 0 unspecified atom stereocenters. The number of nitrogens with zero attached hydrogens (tertiary/aromatic N) is 1. The lowest BCUT2D eigenvalue weighted by molar-refractivity contribution is -0.116. The monoisotopic (exact) mass is 441 g/mol.